The molecule has 2 saturated heterocycles. The highest BCUT2D eigenvalue weighted by Crippen LogP contribution is 2.34. The van der Waals surface area contributed by atoms with Crippen molar-refractivity contribution >= 4 is 56.7 Å². The number of rotatable bonds is 10. The first kappa shape index (κ1) is 36.1. The van der Waals surface area contributed by atoms with Crippen LogP contribution in [-0.2, 0) is 26.0 Å². The Morgan fingerprint density at radius 1 is 1.12 bits per heavy atom. The number of carboxylic acid groups (broad SMARTS) is 1. The van der Waals surface area contributed by atoms with Crippen LogP contribution in [0.25, 0.3) is 0 Å². The van der Waals surface area contributed by atoms with Gasteiger partial charge in [0, 0.05) is 43.5 Å². The number of nitriles is 1. The molecule has 1 unspecified atom stereocenters. The van der Waals surface area contributed by atoms with Gasteiger partial charge in [0.2, 0.25) is 15.9 Å². The highest BCUT2D eigenvalue weighted by molar-refractivity contribution is 7.89. The maximum Gasteiger partial charge on any atom is 0.326 e. The van der Waals surface area contributed by atoms with Gasteiger partial charge < -0.3 is 15.7 Å². The minimum Gasteiger partial charge on any atom is -0.480 e. The van der Waals surface area contributed by atoms with Crippen molar-refractivity contribution in [2.24, 2.45) is 0 Å². The second-order valence-corrected chi connectivity index (χ2v) is 14.5. The predicted octanol–water partition coefficient (Wildman–Crippen LogP) is 4.19. The lowest BCUT2D eigenvalue weighted by molar-refractivity contribution is -0.142. The zero-order valence-corrected chi connectivity index (χ0v) is 28.0. The zero-order valence-electron chi connectivity index (χ0n) is 25.7. The number of likely N-dealkylation sites (tertiary alicyclic amines) is 1. The molecule has 5 rings (SSSR count). The Bertz CT molecular complexity index is 1890. The lowest BCUT2D eigenvalue weighted by atomic mass is 10.0. The average molecular weight is 736 g/mol. The molecule has 2 aromatic carbocycles. The van der Waals surface area contributed by atoms with Gasteiger partial charge in [-0.2, -0.15) is 9.57 Å². The van der Waals surface area contributed by atoms with Crippen LogP contribution in [0.5, 0.6) is 0 Å². The van der Waals surface area contributed by atoms with Gasteiger partial charge in [0.15, 0.2) is 0 Å². The number of hydrogen-bond acceptors (Lipinski definition) is 8. The van der Waals surface area contributed by atoms with Crippen LogP contribution in [-0.4, -0.2) is 89.2 Å². The maximum atomic E-state index is 14.3. The summed E-state index contributed by atoms with van der Waals surface area (Å²) in [5.41, 5.74) is 0.890. The number of benzene rings is 2. The monoisotopic (exact) mass is 734 g/mol. The van der Waals surface area contributed by atoms with Crippen molar-refractivity contribution < 1.29 is 36.7 Å². The number of carbonyl (C=O) groups excluding carboxylic acids is 2. The number of sulfonamides is 1. The molecule has 3 N–H and O–H groups in total. The number of nitrogens with one attached hydrogen (secondary N) is 2. The second kappa shape index (κ2) is 14.7. The maximum absolute atomic E-state index is 14.3. The van der Waals surface area contributed by atoms with Gasteiger partial charge in [0.25, 0.3) is 11.8 Å². The molecule has 1 aromatic heterocycles. The van der Waals surface area contributed by atoms with Crippen LogP contribution in [0.2, 0.25) is 10.0 Å². The summed E-state index contributed by atoms with van der Waals surface area (Å²) in [6, 6.07) is 9.52. The molecule has 3 atom stereocenters. The topological polar surface area (TPSA) is 173 Å². The summed E-state index contributed by atoms with van der Waals surface area (Å²) in [4.78, 5) is 43.7. The Kier molecular flexibility index (Phi) is 10.9. The zero-order chi connectivity index (χ0) is 35.5. The molecule has 0 radical (unpaired) electrons. The quantitative estimate of drug-likeness (QED) is 0.276. The van der Waals surface area contributed by atoms with Crippen LogP contribution in [0.4, 0.5) is 14.5 Å². The van der Waals surface area contributed by atoms with Gasteiger partial charge in [-0.05, 0) is 55.3 Å². The van der Waals surface area contributed by atoms with Gasteiger partial charge in [0.1, 0.15) is 12.1 Å². The van der Waals surface area contributed by atoms with Crippen molar-refractivity contribution in [3.05, 3.63) is 87.7 Å². The van der Waals surface area contributed by atoms with Crippen molar-refractivity contribution in [3.63, 3.8) is 0 Å². The van der Waals surface area contributed by atoms with E-state index in [1.54, 1.807) is 0 Å². The fraction of sp³-hybridized carbons (Fsp3) is 0.344. The van der Waals surface area contributed by atoms with E-state index in [0.29, 0.717) is 11.3 Å². The van der Waals surface area contributed by atoms with Crippen LogP contribution in [0, 0.1) is 11.3 Å². The van der Waals surface area contributed by atoms with Crippen molar-refractivity contribution in [2.75, 3.05) is 25.0 Å². The van der Waals surface area contributed by atoms with Crippen molar-refractivity contribution in [1.82, 2.24) is 19.5 Å². The number of halogens is 4. The number of alkyl halides is 2. The number of aromatic nitrogens is 1. The van der Waals surface area contributed by atoms with Gasteiger partial charge in [-0.3, -0.25) is 19.5 Å². The third-order valence-electron chi connectivity index (χ3n) is 8.39. The van der Waals surface area contributed by atoms with E-state index in [2.05, 4.69) is 15.6 Å². The number of anilines is 1. The molecule has 0 aliphatic carbocycles. The molecule has 2 fully saturated rings. The van der Waals surface area contributed by atoms with Gasteiger partial charge in [0.05, 0.1) is 38.7 Å². The molecule has 0 saturated carbocycles. The first-order valence-corrected chi connectivity index (χ1v) is 17.2. The van der Waals surface area contributed by atoms with Gasteiger partial charge in [-0.25, -0.2) is 22.0 Å². The molecule has 12 nitrogen and oxygen atoms in total. The molecule has 2 aliphatic rings. The summed E-state index contributed by atoms with van der Waals surface area (Å²) in [7, 11) is -4.42. The number of hydrogen-bond donors (Lipinski definition) is 3. The number of pyridine rings is 1. The molecule has 2 amide bonds. The van der Waals surface area contributed by atoms with Crippen LogP contribution >= 0.6 is 23.2 Å². The highest BCUT2D eigenvalue weighted by atomic mass is 35.5. The van der Waals surface area contributed by atoms with Gasteiger partial charge in [-0.1, -0.05) is 41.4 Å². The first-order chi connectivity index (χ1) is 23.2. The molecular weight excluding hydrogens is 705 g/mol. The minimum absolute atomic E-state index is 0.0213. The molecule has 3 aromatic rings. The van der Waals surface area contributed by atoms with Crippen molar-refractivity contribution in [1.29, 1.82) is 5.26 Å². The number of carbonyl (C=O) groups is 3. The van der Waals surface area contributed by atoms with Crippen molar-refractivity contribution in [2.45, 2.75) is 54.6 Å². The fourth-order valence-electron chi connectivity index (χ4n) is 5.97. The Labute approximate surface area is 290 Å². The number of piperidine rings is 1. The smallest absolute Gasteiger partial charge is 0.326 e. The van der Waals surface area contributed by atoms with E-state index in [1.807, 2.05) is 6.07 Å². The molecule has 2 aliphatic heterocycles. The summed E-state index contributed by atoms with van der Waals surface area (Å²) >= 11 is 12.1. The Balaban J connectivity index is 1.33. The summed E-state index contributed by atoms with van der Waals surface area (Å²) in [6.45, 7) is -0.599. The van der Waals surface area contributed by atoms with Gasteiger partial charge >= 0.3 is 5.97 Å². The molecule has 17 heteroatoms. The van der Waals surface area contributed by atoms with E-state index < -0.39 is 58.4 Å². The molecule has 0 bridgehead atoms. The van der Waals surface area contributed by atoms with E-state index in [0.717, 1.165) is 10.4 Å². The predicted molar refractivity (Wildman–Crippen MR) is 175 cm³/mol. The Morgan fingerprint density at radius 2 is 1.82 bits per heavy atom. The fourth-order valence-corrected chi connectivity index (χ4v) is 8.19. The number of nitrogens with zero attached hydrogens (tertiary/aromatic N) is 4. The largest absolute Gasteiger partial charge is 0.480 e. The summed E-state index contributed by atoms with van der Waals surface area (Å²) < 4.78 is 57.2. The summed E-state index contributed by atoms with van der Waals surface area (Å²) in [6.07, 6.45) is 2.07. The lowest BCUT2D eigenvalue weighted by Gasteiger charge is -2.36. The molecule has 258 valence electrons. The van der Waals surface area contributed by atoms with Crippen LogP contribution in [0.15, 0.2) is 65.8 Å². The van der Waals surface area contributed by atoms with Crippen LogP contribution in [0.3, 0.4) is 0 Å². The molecule has 49 heavy (non-hydrogen) atoms. The van der Waals surface area contributed by atoms with Crippen LogP contribution in [0.1, 0.15) is 40.7 Å². The molecular formula is C32H30Cl2F2N6O6S. The van der Waals surface area contributed by atoms with E-state index >= 15 is 0 Å². The Hall–Kier alpha value is -4.20. The third-order valence-corrected chi connectivity index (χ3v) is 10.8. The lowest BCUT2D eigenvalue weighted by Crippen LogP contribution is -2.51. The van der Waals surface area contributed by atoms with Gasteiger partial charge in [-0.15, -0.1) is 0 Å². The Morgan fingerprint density at radius 3 is 2.45 bits per heavy atom. The van der Waals surface area contributed by atoms with E-state index in [9.17, 15) is 42.0 Å². The first-order valence-electron chi connectivity index (χ1n) is 15.0. The van der Waals surface area contributed by atoms with Crippen LogP contribution < -0.4 is 10.6 Å². The normalized spacial score (nSPS) is 20.2. The van der Waals surface area contributed by atoms with Crippen molar-refractivity contribution in [3.8, 4) is 6.07 Å². The average Bonchev–Trinajstić information content (AvgIpc) is 3.52. The number of aliphatic carboxylic acids is 1. The minimum atomic E-state index is -4.42. The molecule has 3 heterocycles. The van der Waals surface area contributed by atoms with E-state index in [1.165, 1.54) is 59.8 Å². The summed E-state index contributed by atoms with van der Waals surface area (Å²) in [5, 5.41) is 24.5. The standard InChI is InChI=1S/C32H30Cl2F2N6O6S/c33-24-15-38-16-25(34)28(24)30(44)39-21-7-5-19(6-8-21)12-26(31(45)46)40-29(43)27-13-22(41-10-2-9-32(35,36)18-41)17-42(27)49(47,48)23-4-1-3-20(11-23)14-37/h1,3-8,11,15-16,22,26-27H,2,9-10,12-13,17-18H2,(H,39,44)(H,40,43)(H,45,46)/t22-,26+,27?/m1/s1. The van der Waals surface area contributed by atoms with E-state index in [-0.39, 0.29) is 64.8 Å². The number of carboxylic acids is 1. The SMILES string of the molecule is N#Cc1cccc(S(=O)(=O)N2C[C@H](N3CCCC(F)(F)C3)CC2C(=O)N[C@@H](Cc2ccc(NC(=O)c3c(Cl)cncc3Cl)cc2)C(=O)O)c1. The summed E-state index contributed by atoms with van der Waals surface area (Å²) in [5.74, 6) is -5.87. The van der Waals surface area contributed by atoms with E-state index in [4.69, 9.17) is 23.2 Å². The third kappa shape index (κ3) is 8.34. The molecule has 0 spiro atoms. The second-order valence-electron chi connectivity index (χ2n) is 11.8. The number of amides is 2. The highest BCUT2D eigenvalue weighted by Gasteiger charge is 2.48.